The molecule has 8 heteroatoms. The number of benzene rings is 1. The van der Waals surface area contributed by atoms with Crippen molar-refractivity contribution in [2.24, 2.45) is 0 Å². The summed E-state index contributed by atoms with van der Waals surface area (Å²) in [5, 5.41) is 5.00. The Morgan fingerprint density at radius 2 is 2.15 bits per heavy atom. The third-order valence-corrected chi connectivity index (χ3v) is 5.16. The summed E-state index contributed by atoms with van der Waals surface area (Å²) in [6.07, 6.45) is 5.23. The zero-order valence-corrected chi connectivity index (χ0v) is 15.8. The number of anilines is 1. The van der Waals surface area contributed by atoms with Crippen LogP contribution in [0, 0.1) is 6.92 Å². The Bertz CT molecular complexity index is 1060. The standard InChI is InChI=1S/C18H16ClN5OS/c1-11-7-13-16(21-9-12-3-4-15(25-2)14(19)8-12)22-18(23-17(13)26-11)24-6-5-20-10-24/h3-8,10H,9H2,1-2H3,(H,21,22,23). The van der Waals surface area contributed by atoms with Gasteiger partial charge >= 0.3 is 0 Å². The molecule has 6 nitrogen and oxygen atoms in total. The third-order valence-electron chi connectivity index (χ3n) is 3.92. The number of aryl methyl sites for hydroxylation is 1. The summed E-state index contributed by atoms with van der Waals surface area (Å²) < 4.78 is 7.00. The number of rotatable bonds is 5. The number of thiophene rings is 1. The van der Waals surface area contributed by atoms with E-state index >= 15 is 0 Å². The molecule has 1 aromatic carbocycles. The summed E-state index contributed by atoms with van der Waals surface area (Å²) in [4.78, 5) is 15.5. The zero-order valence-electron chi connectivity index (χ0n) is 14.2. The fraction of sp³-hybridized carbons (Fsp3) is 0.167. The number of aromatic nitrogens is 4. The summed E-state index contributed by atoms with van der Waals surface area (Å²) >= 11 is 7.86. The molecule has 0 radical (unpaired) electrons. The first-order chi connectivity index (χ1) is 12.6. The Balaban J connectivity index is 1.67. The molecule has 0 aliphatic carbocycles. The topological polar surface area (TPSA) is 64.9 Å². The first kappa shape index (κ1) is 16.8. The lowest BCUT2D eigenvalue weighted by atomic mass is 10.2. The third kappa shape index (κ3) is 3.23. The van der Waals surface area contributed by atoms with Gasteiger partial charge in [0.2, 0.25) is 5.95 Å². The molecule has 0 saturated heterocycles. The van der Waals surface area contributed by atoms with Gasteiger partial charge in [0.05, 0.1) is 17.5 Å². The number of ether oxygens (including phenoxy) is 1. The fourth-order valence-corrected chi connectivity index (χ4v) is 3.82. The quantitative estimate of drug-likeness (QED) is 0.549. The largest absolute Gasteiger partial charge is 0.495 e. The Morgan fingerprint density at radius 3 is 2.88 bits per heavy atom. The first-order valence-corrected chi connectivity index (χ1v) is 9.16. The summed E-state index contributed by atoms with van der Waals surface area (Å²) in [6, 6.07) is 7.83. The molecule has 0 aliphatic heterocycles. The van der Waals surface area contributed by atoms with Crippen molar-refractivity contribution in [3.8, 4) is 11.7 Å². The van der Waals surface area contributed by atoms with Crippen LogP contribution in [0.25, 0.3) is 16.2 Å². The van der Waals surface area contributed by atoms with Crippen LogP contribution in [0.5, 0.6) is 5.75 Å². The summed E-state index contributed by atoms with van der Waals surface area (Å²) in [7, 11) is 1.60. The van der Waals surface area contributed by atoms with Gasteiger partial charge in [-0.15, -0.1) is 11.3 Å². The number of hydrogen-bond acceptors (Lipinski definition) is 6. The van der Waals surface area contributed by atoms with E-state index in [1.54, 1.807) is 35.5 Å². The van der Waals surface area contributed by atoms with E-state index in [9.17, 15) is 0 Å². The molecule has 132 valence electrons. The monoisotopic (exact) mass is 385 g/mol. The summed E-state index contributed by atoms with van der Waals surface area (Å²) in [5.74, 6) is 2.04. The summed E-state index contributed by atoms with van der Waals surface area (Å²) in [6.45, 7) is 2.66. The minimum atomic E-state index is 0.588. The minimum Gasteiger partial charge on any atom is -0.495 e. The van der Waals surface area contributed by atoms with Crippen molar-refractivity contribution in [2.45, 2.75) is 13.5 Å². The molecule has 0 aliphatic rings. The minimum absolute atomic E-state index is 0.588. The number of hydrogen-bond donors (Lipinski definition) is 1. The lowest BCUT2D eigenvalue weighted by molar-refractivity contribution is 0.415. The van der Waals surface area contributed by atoms with E-state index in [-0.39, 0.29) is 0 Å². The number of fused-ring (bicyclic) bond motifs is 1. The van der Waals surface area contributed by atoms with Crippen LogP contribution in [-0.2, 0) is 6.54 Å². The molecule has 0 atom stereocenters. The van der Waals surface area contributed by atoms with Gasteiger partial charge in [-0.2, -0.15) is 4.98 Å². The van der Waals surface area contributed by atoms with Gasteiger partial charge in [0.25, 0.3) is 0 Å². The molecule has 0 saturated carbocycles. The van der Waals surface area contributed by atoms with E-state index < -0.39 is 0 Å². The second-order valence-electron chi connectivity index (χ2n) is 5.74. The molecule has 26 heavy (non-hydrogen) atoms. The molecule has 0 bridgehead atoms. The van der Waals surface area contributed by atoms with Crippen LogP contribution in [0.3, 0.4) is 0 Å². The highest BCUT2D eigenvalue weighted by atomic mass is 35.5. The number of methoxy groups -OCH3 is 1. The SMILES string of the molecule is COc1ccc(CNc2nc(-n3ccnc3)nc3sc(C)cc23)cc1Cl. The van der Waals surface area contributed by atoms with E-state index in [1.807, 2.05) is 24.4 Å². The molecule has 0 unspecified atom stereocenters. The highest BCUT2D eigenvalue weighted by Gasteiger charge is 2.12. The summed E-state index contributed by atoms with van der Waals surface area (Å²) in [5.41, 5.74) is 1.04. The smallest absolute Gasteiger partial charge is 0.238 e. The second-order valence-corrected chi connectivity index (χ2v) is 7.38. The van der Waals surface area contributed by atoms with E-state index in [0.717, 1.165) is 21.6 Å². The normalized spacial score (nSPS) is 11.0. The zero-order chi connectivity index (χ0) is 18.1. The molecule has 4 aromatic rings. The number of nitrogens with one attached hydrogen (secondary N) is 1. The predicted molar refractivity (Wildman–Crippen MR) is 105 cm³/mol. The van der Waals surface area contributed by atoms with E-state index in [0.29, 0.717) is 23.3 Å². The fourth-order valence-electron chi connectivity index (χ4n) is 2.66. The van der Waals surface area contributed by atoms with Gasteiger partial charge in [-0.1, -0.05) is 17.7 Å². The Kier molecular flexibility index (Phi) is 4.48. The Hall–Kier alpha value is -2.64. The van der Waals surface area contributed by atoms with Crippen molar-refractivity contribution in [3.05, 3.63) is 58.4 Å². The molecule has 3 heterocycles. The van der Waals surface area contributed by atoms with Gasteiger partial charge in [0, 0.05) is 23.8 Å². The lowest BCUT2D eigenvalue weighted by Gasteiger charge is -2.10. The molecular formula is C18H16ClN5OS. The van der Waals surface area contributed by atoms with Crippen LogP contribution < -0.4 is 10.1 Å². The first-order valence-electron chi connectivity index (χ1n) is 7.97. The van der Waals surface area contributed by atoms with Crippen molar-refractivity contribution < 1.29 is 4.74 Å². The highest BCUT2D eigenvalue weighted by molar-refractivity contribution is 7.18. The maximum Gasteiger partial charge on any atom is 0.238 e. The molecule has 0 spiro atoms. The molecule has 3 aromatic heterocycles. The van der Waals surface area contributed by atoms with Crippen LogP contribution >= 0.6 is 22.9 Å². The van der Waals surface area contributed by atoms with Crippen LogP contribution in [0.2, 0.25) is 5.02 Å². The molecule has 1 N–H and O–H groups in total. The Labute approximate surface area is 159 Å². The molecule has 0 fully saturated rings. The number of nitrogens with zero attached hydrogens (tertiary/aromatic N) is 4. The average molecular weight is 386 g/mol. The van der Waals surface area contributed by atoms with Crippen molar-refractivity contribution in [3.63, 3.8) is 0 Å². The van der Waals surface area contributed by atoms with Gasteiger partial charge in [-0.3, -0.25) is 4.57 Å². The van der Waals surface area contributed by atoms with Crippen LogP contribution in [-0.4, -0.2) is 26.6 Å². The van der Waals surface area contributed by atoms with Crippen LogP contribution in [0.1, 0.15) is 10.4 Å². The van der Waals surface area contributed by atoms with Crippen LogP contribution in [0.4, 0.5) is 5.82 Å². The average Bonchev–Trinajstić information content (AvgIpc) is 3.28. The van der Waals surface area contributed by atoms with Crippen molar-refractivity contribution >= 4 is 39.0 Å². The predicted octanol–water partition coefficient (Wildman–Crippen LogP) is 4.46. The van der Waals surface area contributed by atoms with Crippen molar-refractivity contribution in [1.29, 1.82) is 0 Å². The van der Waals surface area contributed by atoms with Crippen molar-refractivity contribution in [2.75, 3.05) is 12.4 Å². The highest BCUT2D eigenvalue weighted by Crippen LogP contribution is 2.30. The van der Waals surface area contributed by atoms with E-state index in [2.05, 4.69) is 33.3 Å². The maximum absolute atomic E-state index is 6.22. The molecule has 0 amide bonds. The van der Waals surface area contributed by atoms with Gasteiger partial charge in [0.1, 0.15) is 22.7 Å². The van der Waals surface area contributed by atoms with Gasteiger partial charge < -0.3 is 10.1 Å². The van der Waals surface area contributed by atoms with Gasteiger partial charge in [-0.25, -0.2) is 9.97 Å². The van der Waals surface area contributed by atoms with Crippen LogP contribution in [0.15, 0.2) is 43.0 Å². The lowest BCUT2D eigenvalue weighted by Crippen LogP contribution is -2.06. The van der Waals surface area contributed by atoms with Gasteiger partial charge in [0.15, 0.2) is 0 Å². The molecular weight excluding hydrogens is 370 g/mol. The van der Waals surface area contributed by atoms with Crippen molar-refractivity contribution in [1.82, 2.24) is 19.5 Å². The maximum atomic E-state index is 6.22. The van der Waals surface area contributed by atoms with E-state index in [4.69, 9.17) is 16.3 Å². The second kappa shape index (κ2) is 6.93. The van der Waals surface area contributed by atoms with Gasteiger partial charge in [-0.05, 0) is 30.7 Å². The molecule has 4 rings (SSSR count). The van der Waals surface area contributed by atoms with E-state index in [1.165, 1.54) is 4.88 Å². The number of imidazole rings is 1. The number of halogens is 1. The Morgan fingerprint density at radius 1 is 1.27 bits per heavy atom.